The molecule has 160 valence electrons. The summed E-state index contributed by atoms with van der Waals surface area (Å²) < 4.78 is 14.0. The van der Waals surface area contributed by atoms with Gasteiger partial charge in [0.1, 0.15) is 5.82 Å². The maximum atomic E-state index is 14.0. The number of benzene rings is 2. The number of nitrogens with one attached hydrogen (secondary N) is 1. The Hall–Kier alpha value is -2.11. The normalized spacial score (nSPS) is 19.1. The third-order valence-corrected chi connectivity index (χ3v) is 6.82. The van der Waals surface area contributed by atoms with Crippen molar-refractivity contribution in [1.82, 2.24) is 10.2 Å². The lowest BCUT2D eigenvalue weighted by atomic mass is 9.78. The molecule has 6 heteroatoms. The smallest absolute Gasteiger partial charge is 0.230 e. The number of nitrogens with zero attached hydrogens (tertiary/aromatic N) is 2. The molecule has 1 saturated heterocycles. The number of amides is 1. The predicted octanol–water partition coefficient (Wildman–Crippen LogP) is 4.23. The first-order chi connectivity index (χ1) is 14.6. The van der Waals surface area contributed by atoms with Gasteiger partial charge < -0.3 is 10.2 Å². The van der Waals surface area contributed by atoms with Crippen LogP contribution in [0.5, 0.6) is 0 Å². The summed E-state index contributed by atoms with van der Waals surface area (Å²) in [5.41, 5.74) is 1.32. The van der Waals surface area contributed by atoms with E-state index >= 15 is 0 Å². The Morgan fingerprint density at radius 2 is 1.67 bits per heavy atom. The number of rotatable bonds is 6. The molecule has 4 nitrogen and oxygen atoms in total. The lowest BCUT2D eigenvalue weighted by Gasteiger charge is -2.36. The molecule has 0 atom stereocenters. The van der Waals surface area contributed by atoms with Crippen LogP contribution in [0.15, 0.2) is 48.5 Å². The zero-order valence-corrected chi connectivity index (χ0v) is 18.0. The molecule has 1 saturated carbocycles. The molecule has 2 fully saturated rings. The van der Waals surface area contributed by atoms with Crippen molar-refractivity contribution in [2.75, 3.05) is 44.2 Å². The summed E-state index contributed by atoms with van der Waals surface area (Å²) in [6.07, 6.45) is 3.94. The quantitative estimate of drug-likeness (QED) is 0.746. The van der Waals surface area contributed by atoms with Crippen LogP contribution in [0.25, 0.3) is 0 Å². The van der Waals surface area contributed by atoms with Crippen molar-refractivity contribution in [1.29, 1.82) is 0 Å². The molecule has 0 spiro atoms. The Morgan fingerprint density at radius 1 is 1.00 bits per heavy atom. The molecule has 1 heterocycles. The average molecular weight is 430 g/mol. The van der Waals surface area contributed by atoms with Crippen molar-refractivity contribution in [2.45, 2.75) is 31.1 Å². The summed E-state index contributed by atoms with van der Waals surface area (Å²) in [7, 11) is 0. The first kappa shape index (κ1) is 21.1. The molecule has 0 bridgehead atoms. The molecule has 2 aromatic carbocycles. The van der Waals surface area contributed by atoms with E-state index in [9.17, 15) is 9.18 Å². The second kappa shape index (κ2) is 9.36. The van der Waals surface area contributed by atoms with Crippen LogP contribution < -0.4 is 10.2 Å². The maximum Gasteiger partial charge on any atom is 0.230 e. The topological polar surface area (TPSA) is 35.6 Å². The Balaban J connectivity index is 1.28. The summed E-state index contributed by atoms with van der Waals surface area (Å²) in [5.74, 6) is -0.0328. The predicted molar refractivity (Wildman–Crippen MR) is 120 cm³/mol. The highest BCUT2D eigenvalue weighted by Crippen LogP contribution is 2.41. The molecule has 4 rings (SSSR count). The van der Waals surface area contributed by atoms with E-state index in [1.807, 2.05) is 36.4 Å². The minimum atomic E-state index is -0.422. The fourth-order valence-electron chi connectivity index (χ4n) is 4.81. The number of carbonyl (C=O) groups excluding carboxylic acids is 1. The Morgan fingerprint density at radius 3 is 2.33 bits per heavy atom. The maximum absolute atomic E-state index is 14.0. The summed E-state index contributed by atoms with van der Waals surface area (Å²) >= 11 is 6.04. The second-order valence-electron chi connectivity index (χ2n) is 8.33. The van der Waals surface area contributed by atoms with Gasteiger partial charge in [0.25, 0.3) is 0 Å². The van der Waals surface area contributed by atoms with Gasteiger partial charge in [-0.15, -0.1) is 0 Å². The van der Waals surface area contributed by atoms with Crippen molar-refractivity contribution in [3.05, 3.63) is 64.9 Å². The molecule has 30 heavy (non-hydrogen) atoms. The van der Waals surface area contributed by atoms with Gasteiger partial charge in [-0.2, -0.15) is 0 Å². The summed E-state index contributed by atoms with van der Waals surface area (Å²) in [5, 5.41) is 3.89. The van der Waals surface area contributed by atoms with Gasteiger partial charge in [-0.1, -0.05) is 48.7 Å². The van der Waals surface area contributed by atoms with Crippen LogP contribution >= 0.6 is 11.6 Å². The van der Waals surface area contributed by atoms with Crippen molar-refractivity contribution in [2.24, 2.45) is 0 Å². The van der Waals surface area contributed by atoms with Gasteiger partial charge in [-0.25, -0.2) is 4.39 Å². The van der Waals surface area contributed by atoms with Crippen LogP contribution in [0.4, 0.5) is 10.1 Å². The Kier molecular flexibility index (Phi) is 6.59. The highest BCUT2D eigenvalue weighted by Gasteiger charge is 2.42. The van der Waals surface area contributed by atoms with Gasteiger partial charge in [0, 0.05) is 44.3 Å². The third-order valence-electron chi connectivity index (χ3n) is 6.57. The highest BCUT2D eigenvalue weighted by atomic mass is 35.5. The van der Waals surface area contributed by atoms with Crippen LogP contribution in [-0.4, -0.2) is 50.1 Å². The van der Waals surface area contributed by atoms with Crippen LogP contribution in [0.1, 0.15) is 31.2 Å². The van der Waals surface area contributed by atoms with E-state index in [1.54, 1.807) is 6.07 Å². The van der Waals surface area contributed by atoms with E-state index in [2.05, 4.69) is 15.1 Å². The first-order valence-electron chi connectivity index (χ1n) is 10.8. The minimum Gasteiger partial charge on any atom is -0.367 e. The van der Waals surface area contributed by atoms with Crippen LogP contribution in [0.3, 0.4) is 0 Å². The Labute approximate surface area is 183 Å². The van der Waals surface area contributed by atoms with E-state index in [0.717, 1.165) is 64.0 Å². The zero-order chi connectivity index (χ0) is 21.0. The summed E-state index contributed by atoms with van der Waals surface area (Å²) in [6, 6.07) is 14.7. The molecule has 0 unspecified atom stereocenters. The van der Waals surface area contributed by atoms with Gasteiger partial charge in [0.2, 0.25) is 5.91 Å². The van der Waals surface area contributed by atoms with Gasteiger partial charge in [0.15, 0.2) is 0 Å². The lowest BCUT2D eigenvalue weighted by Crippen LogP contribution is -2.50. The number of carbonyl (C=O) groups is 1. The van der Waals surface area contributed by atoms with Crippen LogP contribution in [0.2, 0.25) is 5.02 Å². The molecule has 1 amide bonds. The molecule has 0 aromatic heterocycles. The molecule has 0 radical (unpaired) electrons. The van der Waals surface area contributed by atoms with Crippen molar-refractivity contribution in [3.8, 4) is 0 Å². The molecule has 2 aliphatic rings. The van der Waals surface area contributed by atoms with Crippen molar-refractivity contribution in [3.63, 3.8) is 0 Å². The first-order valence-corrected chi connectivity index (χ1v) is 11.2. The van der Waals surface area contributed by atoms with E-state index in [-0.39, 0.29) is 11.7 Å². The minimum absolute atomic E-state index is 0.132. The highest BCUT2D eigenvalue weighted by molar-refractivity contribution is 6.30. The largest absolute Gasteiger partial charge is 0.367 e. The van der Waals surface area contributed by atoms with E-state index in [1.165, 1.54) is 6.07 Å². The van der Waals surface area contributed by atoms with Crippen molar-refractivity contribution >= 4 is 23.2 Å². The Bertz CT molecular complexity index is 859. The van der Waals surface area contributed by atoms with E-state index in [0.29, 0.717) is 17.3 Å². The van der Waals surface area contributed by atoms with Crippen LogP contribution in [-0.2, 0) is 10.2 Å². The van der Waals surface area contributed by atoms with Crippen molar-refractivity contribution < 1.29 is 9.18 Å². The molecule has 1 aliphatic carbocycles. The van der Waals surface area contributed by atoms with Gasteiger partial charge >= 0.3 is 0 Å². The fourth-order valence-corrected chi connectivity index (χ4v) is 4.94. The lowest BCUT2D eigenvalue weighted by molar-refractivity contribution is -0.126. The molecule has 2 aromatic rings. The summed E-state index contributed by atoms with van der Waals surface area (Å²) in [4.78, 5) is 17.6. The fraction of sp³-hybridized carbons (Fsp3) is 0.458. The number of anilines is 1. The average Bonchev–Trinajstić information content (AvgIpc) is 3.26. The number of halogens is 2. The number of hydrogen-bond donors (Lipinski definition) is 1. The number of piperazine rings is 1. The van der Waals surface area contributed by atoms with Gasteiger partial charge in [0.05, 0.1) is 11.1 Å². The van der Waals surface area contributed by atoms with E-state index in [4.69, 9.17) is 11.6 Å². The van der Waals surface area contributed by atoms with E-state index < -0.39 is 5.41 Å². The third kappa shape index (κ3) is 4.47. The SMILES string of the molecule is O=C(NCCN1CCN(c2ccccc2F)CC1)C1(c2ccc(Cl)cc2)CCCC1. The number of para-hydroxylation sites is 1. The summed E-state index contributed by atoms with van der Waals surface area (Å²) in [6.45, 7) is 4.77. The molecule has 1 aliphatic heterocycles. The molecule has 1 N–H and O–H groups in total. The second-order valence-corrected chi connectivity index (χ2v) is 8.77. The number of hydrogen-bond acceptors (Lipinski definition) is 3. The monoisotopic (exact) mass is 429 g/mol. The standard InChI is InChI=1S/C24H29ClFN3O/c25-20-9-7-19(8-10-20)24(11-3-4-12-24)23(30)27-13-14-28-15-17-29(18-16-28)22-6-2-1-5-21(22)26/h1-2,5-10H,3-4,11-18H2,(H,27,30). The zero-order valence-electron chi connectivity index (χ0n) is 17.2. The van der Waals surface area contributed by atoms with Crippen LogP contribution in [0, 0.1) is 5.82 Å². The van der Waals surface area contributed by atoms with Gasteiger partial charge in [-0.05, 0) is 42.7 Å². The molecular weight excluding hydrogens is 401 g/mol. The molecular formula is C24H29ClFN3O. The van der Waals surface area contributed by atoms with Gasteiger partial charge in [-0.3, -0.25) is 9.69 Å².